The number of ether oxygens (including phenoxy) is 5. The summed E-state index contributed by atoms with van der Waals surface area (Å²) in [7, 11) is 4.61. The van der Waals surface area contributed by atoms with Gasteiger partial charge in [0, 0.05) is 17.2 Å². The SMILES string of the molecule is CCCCC(=O)Oc1c(OC)c(OC)c(OCC)c2ccc(OC)cc12. The minimum absolute atomic E-state index is 0.308. The molecule has 0 saturated heterocycles. The lowest BCUT2D eigenvalue weighted by Gasteiger charge is -2.20. The van der Waals surface area contributed by atoms with Crippen LogP contribution in [0.2, 0.25) is 0 Å². The van der Waals surface area contributed by atoms with Gasteiger partial charge in [-0.05, 0) is 31.5 Å². The number of hydrogen-bond acceptors (Lipinski definition) is 6. The molecule has 0 aliphatic heterocycles. The average molecular weight is 362 g/mol. The van der Waals surface area contributed by atoms with Gasteiger partial charge in [0.1, 0.15) is 5.75 Å². The molecule has 142 valence electrons. The molecule has 0 spiro atoms. The molecule has 0 unspecified atom stereocenters. The van der Waals surface area contributed by atoms with E-state index in [9.17, 15) is 4.79 Å². The van der Waals surface area contributed by atoms with Gasteiger partial charge < -0.3 is 23.7 Å². The van der Waals surface area contributed by atoms with Crippen molar-refractivity contribution in [3.05, 3.63) is 18.2 Å². The summed E-state index contributed by atoms with van der Waals surface area (Å²) in [5.74, 6) is 1.88. The van der Waals surface area contributed by atoms with E-state index in [-0.39, 0.29) is 5.97 Å². The maximum Gasteiger partial charge on any atom is 0.311 e. The molecule has 0 aliphatic carbocycles. The summed E-state index contributed by atoms with van der Waals surface area (Å²) < 4.78 is 27.8. The Labute approximate surface area is 153 Å². The highest BCUT2D eigenvalue weighted by atomic mass is 16.6. The van der Waals surface area contributed by atoms with Gasteiger partial charge in [-0.1, -0.05) is 13.3 Å². The third-order valence-corrected chi connectivity index (χ3v) is 3.98. The first kappa shape index (κ1) is 19.7. The topological polar surface area (TPSA) is 63.2 Å². The van der Waals surface area contributed by atoms with E-state index < -0.39 is 0 Å². The normalized spacial score (nSPS) is 10.5. The molecular formula is C20H26O6. The van der Waals surface area contributed by atoms with Crippen molar-refractivity contribution in [1.29, 1.82) is 0 Å². The number of benzene rings is 2. The fourth-order valence-corrected chi connectivity index (χ4v) is 2.73. The van der Waals surface area contributed by atoms with E-state index in [0.29, 0.717) is 47.2 Å². The number of esters is 1. The molecule has 2 rings (SSSR count). The smallest absolute Gasteiger partial charge is 0.311 e. The van der Waals surface area contributed by atoms with Gasteiger partial charge in [0.25, 0.3) is 0 Å². The highest BCUT2D eigenvalue weighted by Crippen LogP contribution is 2.51. The van der Waals surface area contributed by atoms with Crippen molar-refractivity contribution < 1.29 is 28.5 Å². The van der Waals surface area contributed by atoms with Crippen molar-refractivity contribution >= 4 is 16.7 Å². The van der Waals surface area contributed by atoms with Gasteiger partial charge >= 0.3 is 5.97 Å². The van der Waals surface area contributed by atoms with E-state index in [0.717, 1.165) is 18.2 Å². The van der Waals surface area contributed by atoms with E-state index >= 15 is 0 Å². The average Bonchev–Trinajstić information content (AvgIpc) is 2.67. The summed E-state index contributed by atoms with van der Waals surface area (Å²) in [4.78, 5) is 12.3. The summed E-state index contributed by atoms with van der Waals surface area (Å²) in [6.07, 6.45) is 2.00. The van der Waals surface area contributed by atoms with Crippen molar-refractivity contribution in [2.75, 3.05) is 27.9 Å². The highest BCUT2D eigenvalue weighted by Gasteiger charge is 2.25. The van der Waals surface area contributed by atoms with E-state index in [4.69, 9.17) is 23.7 Å². The Morgan fingerprint density at radius 1 is 0.885 bits per heavy atom. The second kappa shape index (κ2) is 9.17. The molecule has 0 atom stereocenters. The summed E-state index contributed by atoms with van der Waals surface area (Å²) in [6.45, 7) is 4.37. The first-order chi connectivity index (χ1) is 12.6. The van der Waals surface area contributed by atoms with E-state index in [1.54, 1.807) is 13.2 Å². The Morgan fingerprint density at radius 2 is 1.58 bits per heavy atom. The van der Waals surface area contributed by atoms with Crippen LogP contribution in [0, 0.1) is 0 Å². The van der Waals surface area contributed by atoms with Crippen LogP contribution >= 0.6 is 0 Å². The molecule has 6 heteroatoms. The standard InChI is InChI=1S/C20H26O6/c1-6-8-9-16(21)26-18-15-12-13(22-3)10-11-14(15)17(25-7-2)19(23-4)20(18)24-5/h10-12H,6-9H2,1-5H3. The molecular weight excluding hydrogens is 336 g/mol. The van der Waals surface area contributed by atoms with E-state index in [1.807, 2.05) is 26.0 Å². The fourth-order valence-electron chi connectivity index (χ4n) is 2.73. The molecule has 6 nitrogen and oxygen atoms in total. The summed E-state index contributed by atoms with van der Waals surface area (Å²) in [6, 6.07) is 5.46. The molecule has 0 bridgehead atoms. The first-order valence-corrected chi connectivity index (χ1v) is 8.70. The van der Waals surface area contributed by atoms with Crippen molar-refractivity contribution in [2.45, 2.75) is 33.1 Å². The lowest BCUT2D eigenvalue weighted by molar-refractivity contribution is -0.134. The molecule has 0 N–H and O–H groups in total. The van der Waals surface area contributed by atoms with Gasteiger partial charge in [-0.25, -0.2) is 0 Å². The van der Waals surface area contributed by atoms with Crippen LogP contribution in [0.5, 0.6) is 28.7 Å². The lowest BCUT2D eigenvalue weighted by atomic mass is 10.1. The van der Waals surface area contributed by atoms with Crippen LogP contribution in [0.4, 0.5) is 0 Å². The second-order valence-electron chi connectivity index (χ2n) is 5.65. The number of unbranched alkanes of at least 4 members (excludes halogenated alkanes) is 1. The Hall–Kier alpha value is -2.63. The highest BCUT2D eigenvalue weighted by molar-refractivity contribution is 6.00. The largest absolute Gasteiger partial charge is 0.497 e. The molecule has 0 heterocycles. The molecule has 0 aliphatic rings. The van der Waals surface area contributed by atoms with Gasteiger partial charge in [-0.3, -0.25) is 4.79 Å². The monoisotopic (exact) mass is 362 g/mol. The van der Waals surface area contributed by atoms with Crippen LogP contribution < -0.4 is 23.7 Å². The lowest BCUT2D eigenvalue weighted by Crippen LogP contribution is -2.10. The van der Waals surface area contributed by atoms with Crippen molar-refractivity contribution in [3.63, 3.8) is 0 Å². The zero-order chi connectivity index (χ0) is 19.1. The predicted molar refractivity (Wildman–Crippen MR) is 99.9 cm³/mol. The van der Waals surface area contributed by atoms with Crippen molar-refractivity contribution in [1.82, 2.24) is 0 Å². The van der Waals surface area contributed by atoms with E-state index in [1.165, 1.54) is 14.2 Å². The Bertz CT molecular complexity index is 769. The fraction of sp³-hybridized carbons (Fsp3) is 0.450. The third kappa shape index (κ3) is 3.95. The van der Waals surface area contributed by atoms with Crippen LogP contribution in [-0.4, -0.2) is 33.9 Å². The number of fused-ring (bicyclic) bond motifs is 1. The molecule has 0 aromatic heterocycles. The number of carbonyl (C=O) groups is 1. The minimum Gasteiger partial charge on any atom is -0.497 e. The van der Waals surface area contributed by atoms with Crippen molar-refractivity contribution in [2.24, 2.45) is 0 Å². The Balaban J connectivity index is 2.73. The summed E-state index contributed by atoms with van der Waals surface area (Å²) in [5, 5.41) is 1.42. The maximum absolute atomic E-state index is 12.3. The van der Waals surface area contributed by atoms with Crippen LogP contribution in [0.3, 0.4) is 0 Å². The van der Waals surface area contributed by atoms with Crippen LogP contribution in [0.15, 0.2) is 18.2 Å². The number of rotatable bonds is 9. The number of carbonyl (C=O) groups excluding carboxylic acids is 1. The van der Waals surface area contributed by atoms with Crippen LogP contribution in [0.25, 0.3) is 10.8 Å². The summed E-state index contributed by atoms with van der Waals surface area (Å²) in [5.41, 5.74) is 0. The number of hydrogen-bond donors (Lipinski definition) is 0. The second-order valence-corrected chi connectivity index (χ2v) is 5.65. The van der Waals surface area contributed by atoms with Crippen LogP contribution in [-0.2, 0) is 4.79 Å². The molecule has 0 saturated carbocycles. The first-order valence-electron chi connectivity index (χ1n) is 8.70. The van der Waals surface area contributed by atoms with Gasteiger partial charge in [0.05, 0.1) is 27.9 Å². The Kier molecular flexibility index (Phi) is 6.95. The van der Waals surface area contributed by atoms with Gasteiger partial charge in [0.2, 0.25) is 11.5 Å². The third-order valence-electron chi connectivity index (χ3n) is 3.98. The molecule has 26 heavy (non-hydrogen) atoms. The van der Waals surface area contributed by atoms with Crippen LogP contribution in [0.1, 0.15) is 33.1 Å². The molecule has 2 aromatic carbocycles. The molecule has 2 aromatic rings. The van der Waals surface area contributed by atoms with E-state index in [2.05, 4.69) is 0 Å². The zero-order valence-electron chi connectivity index (χ0n) is 16.0. The summed E-state index contributed by atoms with van der Waals surface area (Å²) >= 11 is 0. The predicted octanol–water partition coefficient (Wildman–Crippen LogP) is 4.36. The quantitative estimate of drug-likeness (QED) is 0.488. The maximum atomic E-state index is 12.3. The minimum atomic E-state index is -0.319. The Morgan fingerprint density at radius 3 is 2.15 bits per heavy atom. The zero-order valence-corrected chi connectivity index (χ0v) is 16.0. The molecule has 0 amide bonds. The number of methoxy groups -OCH3 is 3. The van der Waals surface area contributed by atoms with Crippen molar-refractivity contribution in [3.8, 4) is 28.7 Å². The van der Waals surface area contributed by atoms with Gasteiger partial charge in [-0.15, -0.1) is 0 Å². The molecule has 0 radical (unpaired) electrons. The molecule has 0 fully saturated rings. The van der Waals surface area contributed by atoms with Gasteiger partial charge in [-0.2, -0.15) is 0 Å². The van der Waals surface area contributed by atoms with Gasteiger partial charge in [0.15, 0.2) is 11.5 Å².